The van der Waals surface area contributed by atoms with Crippen molar-refractivity contribution in [2.24, 2.45) is 0 Å². The Kier molecular flexibility index (Phi) is 2.75. The molecule has 96 valence electrons. The molecule has 2 N–H and O–H groups in total. The van der Waals surface area contributed by atoms with Gasteiger partial charge in [0.15, 0.2) is 0 Å². The third-order valence-electron chi connectivity index (χ3n) is 3.24. The summed E-state index contributed by atoms with van der Waals surface area (Å²) in [6.45, 7) is 1.67. The summed E-state index contributed by atoms with van der Waals surface area (Å²) in [6.07, 6.45) is 1.69. The van der Waals surface area contributed by atoms with E-state index in [2.05, 4.69) is 16.8 Å². The van der Waals surface area contributed by atoms with Gasteiger partial charge in [-0.3, -0.25) is 9.77 Å². The van der Waals surface area contributed by atoms with Crippen LogP contribution in [0, 0.1) is 11.8 Å². The number of rotatable bonds is 0. The third-order valence-corrected chi connectivity index (χ3v) is 3.24. The normalized spacial score (nSPS) is 16.4. The molecule has 0 amide bonds. The lowest BCUT2D eigenvalue weighted by atomic mass is 10.1. The van der Waals surface area contributed by atoms with E-state index >= 15 is 0 Å². The standard InChI is InChI=1S/C14H13N3O2/c1-10-14-11(5-4-8-18)15-9-16(14)12-6-2-3-7-13(12)17(10)19/h2-3,6-7,9-10,18-19H,8H2,1H3. The highest BCUT2D eigenvalue weighted by Gasteiger charge is 2.29. The molecule has 2 heterocycles. The van der Waals surface area contributed by atoms with E-state index in [1.807, 2.05) is 35.8 Å². The minimum Gasteiger partial charge on any atom is -0.384 e. The number of hydrogen-bond acceptors (Lipinski definition) is 4. The summed E-state index contributed by atoms with van der Waals surface area (Å²) in [6, 6.07) is 7.31. The second-order valence-electron chi connectivity index (χ2n) is 4.32. The first-order chi connectivity index (χ1) is 9.24. The maximum atomic E-state index is 10.2. The van der Waals surface area contributed by atoms with Gasteiger partial charge in [0.1, 0.15) is 18.6 Å². The summed E-state index contributed by atoms with van der Waals surface area (Å²) in [5.74, 6) is 5.40. The van der Waals surface area contributed by atoms with Crippen LogP contribution in [0.4, 0.5) is 5.69 Å². The molecule has 2 aromatic rings. The lowest BCUT2D eigenvalue weighted by Gasteiger charge is -2.32. The van der Waals surface area contributed by atoms with Crippen molar-refractivity contribution in [3.63, 3.8) is 0 Å². The van der Waals surface area contributed by atoms with Gasteiger partial charge in [0.2, 0.25) is 0 Å². The van der Waals surface area contributed by atoms with Gasteiger partial charge in [-0.25, -0.2) is 10.0 Å². The number of aliphatic hydroxyl groups excluding tert-OH is 1. The van der Waals surface area contributed by atoms with Gasteiger partial charge in [-0.1, -0.05) is 18.1 Å². The Bertz CT molecular complexity index is 681. The predicted octanol–water partition coefficient (Wildman–Crippen LogP) is 1.49. The molecule has 0 spiro atoms. The van der Waals surface area contributed by atoms with Crippen molar-refractivity contribution in [1.82, 2.24) is 9.55 Å². The molecule has 5 nitrogen and oxygen atoms in total. The number of nitrogens with zero attached hydrogens (tertiary/aromatic N) is 3. The van der Waals surface area contributed by atoms with Gasteiger partial charge in [0.25, 0.3) is 0 Å². The molecule has 5 heteroatoms. The molecule has 0 radical (unpaired) electrons. The van der Waals surface area contributed by atoms with E-state index in [-0.39, 0.29) is 12.6 Å². The highest BCUT2D eigenvalue weighted by Crippen LogP contribution is 2.37. The maximum Gasteiger partial charge on any atom is 0.137 e. The summed E-state index contributed by atoms with van der Waals surface area (Å²) in [7, 11) is 0. The number of hydroxylamine groups is 1. The molecule has 1 aromatic carbocycles. The van der Waals surface area contributed by atoms with Crippen molar-refractivity contribution >= 4 is 5.69 Å². The van der Waals surface area contributed by atoms with Crippen LogP contribution in [0.3, 0.4) is 0 Å². The fourth-order valence-corrected chi connectivity index (χ4v) is 2.35. The minimum absolute atomic E-state index is 0.208. The van der Waals surface area contributed by atoms with E-state index in [0.29, 0.717) is 5.69 Å². The fraction of sp³-hybridized carbons (Fsp3) is 0.214. The molecule has 1 aromatic heterocycles. The summed E-state index contributed by atoms with van der Waals surface area (Å²) in [4.78, 5) is 4.26. The number of fused-ring (bicyclic) bond motifs is 3. The molecule has 0 fully saturated rings. The van der Waals surface area contributed by atoms with Gasteiger partial charge < -0.3 is 5.11 Å². The van der Waals surface area contributed by atoms with Gasteiger partial charge >= 0.3 is 0 Å². The highest BCUT2D eigenvalue weighted by atomic mass is 16.5. The van der Waals surface area contributed by atoms with Gasteiger partial charge in [0.05, 0.1) is 23.1 Å². The van der Waals surface area contributed by atoms with Crippen molar-refractivity contribution in [3.8, 4) is 17.5 Å². The Morgan fingerprint density at radius 1 is 1.32 bits per heavy atom. The van der Waals surface area contributed by atoms with Crippen LogP contribution in [0.5, 0.6) is 0 Å². The van der Waals surface area contributed by atoms with E-state index in [1.54, 1.807) is 6.33 Å². The van der Waals surface area contributed by atoms with E-state index in [1.165, 1.54) is 5.06 Å². The summed E-state index contributed by atoms with van der Waals surface area (Å²) >= 11 is 0. The lowest BCUT2D eigenvalue weighted by Crippen LogP contribution is -2.30. The molecule has 0 aliphatic carbocycles. The monoisotopic (exact) mass is 255 g/mol. The summed E-state index contributed by atoms with van der Waals surface area (Å²) < 4.78 is 1.92. The molecule has 1 aliphatic rings. The van der Waals surface area contributed by atoms with Crippen LogP contribution in [0.1, 0.15) is 24.4 Å². The molecule has 0 saturated heterocycles. The first-order valence-corrected chi connectivity index (χ1v) is 5.98. The van der Waals surface area contributed by atoms with Crippen LogP contribution < -0.4 is 5.06 Å². The zero-order valence-electron chi connectivity index (χ0n) is 10.4. The topological polar surface area (TPSA) is 61.5 Å². The van der Waals surface area contributed by atoms with Crippen LogP contribution in [-0.4, -0.2) is 26.5 Å². The number of aromatic nitrogens is 2. The van der Waals surface area contributed by atoms with Gasteiger partial charge in [-0.05, 0) is 25.0 Å². The van der Waals surface area contributed by atoms with E-state index in [4.69, 9.17) is 5.11 Å². The molecule has 1 atom stereocenters. The number of imidazole rings is 1. The van der Waals surface area contributed by atoms with Crippen LogP contribution >= 0.6 is 0 Å². The largest absolute Gasteiger partial charge is 0.384 e. The second kappa shape index (κ2) is 4.43. The average Bonchev–Trinajstić information content (AvgIpc) is 2.86. The smallest absolute Gasteiger partial charge is 0.137 e. The Morgan fingerprint density at radius 2 is 2.05 bits per heavy atom. The average molecular weight is 255 g/mol. The quantitative estimate of drug-likeness (QED) is 0.700. The number of anilines is 1. The van der Waals surface area contributed by atoms with Crippen LogP contribution in [-0.2, 0) is 0 Å². The maximum absolute atomic E-state index is 10.2. The van der Waals surface area contributed by atoms with Gasteiger partial charge in [0, 0.05) is 0 Å². The van der Waals surface area contributed by atoms with Crippen molar-refractivity contribution < 1.29 is 10.3 Å². The molecule has 0 saturated carbocycles. The zero-order valence-corrected chi connectivity index (χ0v) is 10.4. The van der Waals surface area contributed by atoms with E-state index < -0.39 is 0 Å². The van der Waals surface area contributed by atoms with Crippen molar-refractivity contribution in [3.05, 3.63) is 42.0 Å². The summed E-state index contributed by atoms with van der Waals surface area (Å²) in [5.41, 5.74) is 3.00. The third kappa shape index (κ3) is 1.70. The van der Waals surface area contributed by atoms with Crippen LogP contribution in [0.25, 0.3) is 5.69 Å². The molecule has 1 unspecified atom stereocenters. The number of para-hydroxylation sites is 2. The molecular formula is C14H13N3O2. The minimum atomic E-state index is -0.250. The molecular weight excluding hydrogens is 242 g/mol. The zero-order chi connectivity index (χ0) is 13.4. The number of benzene rings is 1. The first-order valence-electron chi connectivity index (χ1n) is 5.98. The Labute approximate surface area is 110 Å². The number of hydrogen-bond donors (Lipinski definition) is 2. The first kappa shape index (κ1) is 11.8. The molecule has 19 heavy (non-hydrogen) atoms. The Morgan fingerprint density at radius 3 is 2.79 bits per heavy atom. The SMILES string of the molecule is CC1c2c(C#CCO)ncn2-c2ccccc2N1O. The van der Waals surface area contributed by atoms with E-state index in [0.717, 1.165) is 17.1 Å². The predicted molar refractivity (Wildman–Crippen MR) is 70.2 cm³/mol. The highest BCUT2D eigenvalue weighted by molar-refractivity contribution is 5.66. The Hall–Kier alpha value is -2.29. The van der Waals surface area contributed by atoms with Gasteiger partial charge in [-0.15, -0.1) is 0 Å². The second-order valence-corrected chi connectivity index (χ2v) is 4.32. The fourth-order valence-electron chi connectivity index (χ4n) is 2.35. The van der Waals surface area contributed by atoms with Crippen LogP contribution in [0.2, 0.25) is 0 Å². The van der Waals surface area contributed by atoms with Crippen molar-refractivity contribution in [2.75, 3.05) is 11.7 Å². The molecule has 0 bridgehead atoms. The lowest BCUT2D eigenvalue weighted by molar-refractivity contribution is 0.216. The van der Waals surface area contributed by atoms with Crippen LogP contribution in [0.15, 0.2) is 30.6 Å². The van der Waals surface area contributed by atoms with Crippen molar-refractivity contribution in [2.45, 2.75) is 13.0 Å². The van der Waals surface area contributed by atoms with Crippen molar-refractivity contribution in [1.29, 1.82) is 0 Å². The van der Waals surface area contributed by atoms with E-state index in [9.17, 15) is 5.21 Å². The summed E-state index contributed by atoms with van der Waals surface area (Å²) in [5, 5.41) is 20.2. The van der Waals surface area contributed by atoms with Gasteiger partial charge in [-0.2, -0.15) is 0 Å². The molecule has 3 rings (SSSR count). The molecule has 1 aliphatic heterocycles. The Balaban J connectivity index is 2.23. The number of aliphatic hydroxyl groups is 1.